The lowest BCUT2D eigenvalue weighted by molar-refractivity contribution is 0.122. The van der Waals surface area contributed by atoms with Crippen molar-refractivity contribution in [2.75, 3.05) is 41.2 Å². The third kappa shape index (κ3) is 5.60. The first-order chi connectivity index (χ1) is 18.5. The maximum absolute atomic E-state index is 12.7. The fourth-order valence-electron chi connectivity index (χ4n) is 5.15. The van der Waals surface area contributed by atoms with Crippen LogP contribution in [0.2, 0.25) is 0 Å². The molecule has 3 fully saturated rings. The molecule has 2 saturated carbocycles. The van der Waals surface area contributed by atoms with Crippen LogP contribution in [0.25, 0.3) is 10.9 Å². The molecule has 0 amide bonds. The summed E-state index contributed by atoms with van der Waals surface area (Å²) in [6.45, 7) is 2.78. The van der Waals surface area contributed by atoms with Crippen molar-refractivity contribution in [2.24, 2.45) is 0 Å². The quantitative estimate of drug-likeness (QED) is 0.439. The molecular formula is C26H33N7O4S. The summed E-state index contributed by atoms with van der Waals surface area (Å²) in [5.74, 6) is 1.93. The Bertz CT molecular complexity index is 1360. The normalized spacial score (nSPS) is 22.6. The van der Waals surface area contributed by atoms with Crippen molar-refractivity contribution in [3.05, 3.63) is 36.8 Å². The van der Waals surface area contributed by atoms with E-state index in [2.05, 4.69) is 29.9 Å². The van der Waals surface area contributed by atoms with Crippen LogP contribution in [0.15, 0.2) is 36.8 Å². The van der Waals surface area contributed by atoms with Gasteiger partial charge in [-0.25, -0.2) is 18.4 Å². The van der Waals surface area contributed by atoms with Crippen LogP contribution < -0.4 is 19.7 Å². The summed E-state index contributed by atoms with van der Waals surface area (Å²) in [5, 5.41) is 3.78. The average Bonchev–Trinajstić information content (AvgIpc) is 2.89. The van der Waals surface area contributed by atoms with E-state index in [0.29, 0.717) is 49.0 Å². The second kappa shape index (κ2) is 10.9. The predicted octanol–water partition coefficient (Wildman–Crippen LogP) is 3.35. The van der Waals surface area contributed by atoms with Gasteiger partial charge in [0.2, 0.25) is 21.9 Å². The minimum atomic E-state index is -3.43. The predicted molar refractivity (Wildman–Crippen MR) is 145 cm³/mol. The second-order valence-corrected chi connectivity index (χ2v) is 12.1. The number of morpholine rings is 1. The molecular weight excluding hydrogens is 506 g/mol. The number of rotatable bonds is 8. The molecule has 4 heterocycles. The van der Waals surface area contributed by atoms with E-state index >= 15 is 0 Å². The summed E-state index contributed by atoms with van der Waals surface area (Å²) in [5.41, 5.74) is 1.16. The zero-order valence-corrected chi connectivity index (χ0v) is 22.1. The van der Waals surface area contributed by atoms with Crippen molar-refractivity contribution in [3.8, 4) is 5.88 Å². The Kier molecular flexibility index (Phi) is 7.16. The van der Waals surface area contributed by atoms with Gasteiger partial charge in [-0.3, -0.25) is 9.71 Å². The molecule has 1 aliphatic heterocycles. The number of anilines is 3. The van der Waals surface area contributed by atoms with E-state index in [9.17, 15) is 8.42 Å². The van der Waals surface area contributed by atoms with Crippen LogP contribution in [-0.2, 0) is 14.8 Å². The van der Waals surface area contributed by atoms with Crippen molar-refractivity contribution >= 4 is 38.4 Å². The smallest absolute Gasteiger partial charge is 0.235 e. The molecule has 0 atom stereocenters. The fourth-order valence-corrected chi connectivity index (χ4v) is 6.71. The topological polar surface area (TPSA) is 131 Å². The van der Waals surface area contributed by atoms with Crippen LogP contribution in [0, 0.1) is 0 Å². The Morgan fingerprint density at radius 2 is 1.74 bits per heavy atom. The Balaban J connectivity index is 1.23. The molecule has 1 saturated heterocycles. The van der Waals surface area contributed by atoms with Crippen molar-refractivity contribution in [1.29, 1.82) is 0 Å². The number of nitrogens with zero attached hydrogens (tertiary/aromatic N) is 5. The number of nitrogens with one attached hydrogen (secondary N) is 2. The molecule has 0 spiro atoms. The van der Waals surface area contributed by atoms with Gasteiger partial charge in [0.25, 0.3) is 0 Å². The molecule has 0 unspecified atom stereocenters. The van der Waals surface area contributed by atoms with Crippen molar-refractivity contribution in [3.63, 3.8) is 0 Å². The first kappa shape index (κ1) is 25.1. The number of ether oxygens (including phenoxy) is 2. The fraction of sp³-hybridized carbons (Fsp3) is 0.538. The van der Waals surface area contributed by atoms with Gasteiger partial charge in [-0.15, -0.1) is 0 Å². The van der Waals surface area contributed by atoms with E-state index in [4.69, 9.17) is 14.5 Å². The van der Waals surface area contributed by atoms with Crippen LogP contribution in [0.5, 0.6) is 5.88 Å². The molecule has 0 aromatic carbocycles. The van der Waals surface area contributed by atoms with Gasteiger partial charge in [0.15, 0.2) is 0 Å². The van der Waals surface area contributed by atoms with E-state index in [1.165, 1.54) is 0 Å². The third-order valence-corrected chi connectivity index (χ3v) is 9.44. The molecule has 3 aromatic heterocycles. The molecule has 12 heteroatoms. The number of hydrogen-bond acceptors (Lipinski definition) is 10. The summed E-state index contributed by atoms with van der Waals surface area (Å²) in [6.07, 6.45) is 10.9. The van der Waals surface area contributed by atoms with Gasteiger partial charge in [0.1, 0.15) is 11.9 Å². The van der Waals surface area contributed by atoms with Gasteiger partial charge in [-0.05, 0) is 50.7 Å². The molecule has 2 aliphatic carbocycles. The zero-order chi connectivity index (χ0) is 26.0. The van der Waals surface area contributed by atoms with Gasteiger partial charge in [0.05, 0.1) is 41.3 Å². The Morgan fingerprint density at radius 1 is 0.974 bits per heavy atom. The highest BCUT2D eigenvalue weighted by atomic mass is 32.2. The average molecular weight is 540 g/mol. The minimum Gasteiger partial charge on any atom is -0.474 e. The SMILES string of the molecule is O=S(=O)(Nc1cnc2cc(N3CCOCC3)nc(O[C@H]3CC[C@@H](Nc4ncccn4)CC3)c2c1)C1CCC1. The maximum Gasteiger partial charge on any atom is 0.235 e. The lowest BCUT2D eigenvalue weighted by Gasteiger charge is -2.31. The molecule has 3 aliphatic rings. The Labute approximate surface area is 222 Å². The van der Waals surface area contributed by atoms with Crippen LogP contribution in [0.1, 0.15) is 44.9 Å². The van der Waals surface area contributed by atoms with Crippen LogP contribution in [0.4, 0.5) is 17.5 Å². The lowest BCUT2D eigenvalue weighted by Crippen LogP contribution is -2.37. The van der Waals surface area contributed by atoms with Crippen molar-refractivity contribution < 1.29 is 17.9 Å². The van der Waals surface area contributed by atoms with Gasteiger partial charge in [-0.1, -0.05) is 6.42 Å². The molecule has 202 valence electrons. The van der Waals surface area contributed by atoms with E-state index in [1.807, 2.05) is 6.07 Å². The highest BCUT2D eigenvalue weighted by molar-refractivity contribution is 7.93. The summed E-state index contributed by atoms with van der Waals surface area (Å²) >= 11 is 0. The Morgan fingerprint density at radius 3 is 2.45 bits per heavy atom. The second-order valence-electron chi connectivity index (χ2n) is 10.2. The van der Waals surface area contributed by atoms with E-state index in [0.717, 1.165) is 56.5 Å². The van der Waals surface area contributed by atoms with E-state index < -0.39 is 10.0 Å². The van der Waals surface area contributed by atoms with Gasteiger partial charge in [-0.2, -0.15) is 4.98 Å². The molecule has 11 nitrogen and oxygen atoms in total. The third-order valence-electron chi connectivity index (χ3n) is 7.57. The first-order valence-electron chi connectivity index (χ1n) is 13.4. The molecule has 38 heavy (non-hydrogen) atoms. The minimum absolute atomic E-state index is 0.00398. The van der Waals surface area contributed by atoms with E-state index in [-0.39, 0.29) is 17.4 Å². The van der Waals surface area contributed by atoms with Crippen LogP contribution >= 0.6 is 0 Å². The largest absolute Gasteiger partial charge is 0.474 e. The highest BCUT2D eigenvalue weighted by Gasteiger charge is 2.31. The monoisotopic (exact) mass is 539 g/mol. The Hall–Kier alpha value is -3.25. The summed E-state index contributed by atoms with van der Waals surface area (Å²) in [6, 6.07) is 5.83. The molecule has 2 N–H and O–H groups in total. The number of pyridine rings is 2. The summed E-state index contributed by atoms with van der Waals surface area (Å²) in [7, 11) is -3.43. The standard InChI is InChI=1S/C26H33N7O4S/c34-38(35,21-3-1-4-21)32-19-15-22-23(29-17-19)16-24(33-11-13-36-14-12-33)31-25(22)37-20-7-5-18(6-8-20)30-26-27-9-2-10-28-26/h2,9-10,15-18,20-21,32H,1,3-8,11-14H2,(H,27,28,30)/t18-,20+. The zero-order valence-electron chi connectivity index (χ0n) is 21.3. The van der Waals surface area contributed by atoms with E-state index in [1.54, 1.807) is 30.7 Å². The van der Waals surface area contributed by atoms with Crippen molar-refractivity contribution in [1.82, 2.24) is 19.9 Å². The lowest BCUT2D eigenvalue weighted by atomic mass is 9.93. The maximum atomic E-state index is 12.7. The number of hydrogen-bond donors (Lipinski definition) is 2. The number of sulfonamides is 1. The number of fused-ring (bicyclic) bond motifs is 1. The highest BCUT2D eigenvalue weighted by Crippen LogP contribution is 2.34. The van der Waals surface area contributed by atoms with Gasteiger partial charge >= 0.3 is 0 Å². The van der Waals surface area contributed by atoms with Crippen LogP contribution in [-0.4, -0.2) is 72.1 Å². The first-order valence-corrected chi connectivity index (χ1v) is 14.9. The molecule has 3 aromatic rings. The van der Waals surface area contributed by atoms with Gasteiger partial charge < -0.3 is 19.7 Å². The molecule has 0 bridgehead atoms. The molecule has 0 radical (unpaired) electrons. The molecule has 6 rings (SSSR count). The number of aromatic nitrogens is 4. The summed E-state index contributed by atoms with van der Waals surface area (Å²) < 4.78 is 40.2. The van der Waals surface area contributed by atoms with Crippen molar-refractivity contribution in [2.45, 2.75) is 62.3 Å². The summed E-state index contributed by atoms with van der Waals surface area (Å²) in [4.78, 5) is 20.2. The van der Waals surface area contributed by atoms with Crippen LogP contribution in [0.3, 0.4) is 0 Å². The van der Waals surface area contributed by atoms with Gasteiger partial charge in [0, 0.05) is 37.6 Å².